The van der Waals surface area contributed by atoms with E-state index in [-0.39, 0.29) is 38.3 Å². The molecule has 0 heterocycles. The molecule has 0 aromatic heterocycles. The number of aliphatic hydroxyl groups excluding tert-OH is 1. The van der Waals surface area contributed by atoms with Crippen LogP contribution in [0.1, 0.15) is 29.2 Å². The Labute approximate surface area is 220 Å². The molecule has 0 radical (unpaired) electrons. The van der Waals surface area contributed by atoms with E-state index in [0.29, 0.717) is 17.4 Å². The molecule has 10 nitrogen and oxygen atoms in total. The number of carbonyl (C=O) groups excluding carboxylic acids is 3. The van der Waals surface area contributed by atoms with Crippen molar-refractivity contribution in [2.45, 2.75) is 31.5 Å². The Balaban J connectivity index is 1.86. The van der Waals surface area contributed by atoms with Crippen LogP contribution in [0.25, 0.3) is 0 Å². The number of rotatable bonds is 13. The minimum atomic E-state index is -1.15. The Morgan fingerprint density at radius 1 is 0.974 bits per heavy atom. The van der Waals surface area contributed by atoms with Crippen LogP contribution in [-0.4, -0.2) is 52.4 Å². The smallest absolute Gasteiger partial charge is 0.408 e. The third kappa shape index (κ3) is 7.97. The number of hydrogen-bond acceptors (Lipinski definition) is 7. The summed E-state index contributed by atoms with van der Waals surface area (Å²) in [7, 11) is 0. The number of ether oxygens (including phenoxy) is 1. The standard InChI is InChI=1S/C28H29N3O7/c32-17-7-16-30(26(19-33)23-10-5-2-6-11-23)27(34)25(18-21-12-14-24(15-13-21)31(36)37)29-28(35)38-20-22-8-3-1-4-9-22/h1-6,8-15,19,25-26,32H,7,16-18,20H2,(H,29,35). The lowest BCUT2D eigenvalue weighted by Crippen LogP contribution is -2.51. The number of aldehydes is 1. The monoisotopic (exact) mass is 519 g/mol. The Bertz CT molecular complexity index is 1200. The molecule has 0 saturated carbocycles. The number of nitrogens with one attached hydrogen (secondary N) is 1. The molecule has 2 unspecified atom stereocenters. The highest BCUT2D eigenvalue weighted by Crippen LogP contribution is 2.22. The zero-order chi connectivity index (χ0) is 27.3. The van der Waals surface area contributed by atoms with E-state index < -0.39 is 29.0 Å². The molecule has 2 N–H and O–H groups in total. The van der Waals surface area contributed by atoms with Crippen molar-refractivity contribution in [2.24, 2.45) is 0 Å². The molecule has 0 bridgehead atoms. The van der Waals surface area contributed by atoms with E-state index in [1.54, 1.807) is 54.6 Å². The summed E-state index contributed by atoms with van der Waals surface area (Å²) >= 11 is 0. The quantitative estimate of drug-likeness (QED) is 0.200. The van der Waals surface area contributed by atoms with Gasteiger partial charge < -0.3 is 24.9 Å². The molecule has 10 heteroatoms. The van der Waals surface area contributed by atoms with Crippen molar-refractivity contribution in [3.05, 3.63) is 112 Å². The Hall–Kier alpha value is -4.57. The van der Waals surface area contributed by atoms with E-state index in [1.165, 1.54) is 29.2 Å². The first-order chi connectivity index (χ1) is 18.4. The molecule has 0 spiro atoms. The SMILES string of the molecule is O=CC(c1ccccc1)N(CCCO)C(=O)C(Cc1ccc([N+](=O)[O-])cc1)NC(=O)OCc1ccccc1. The second-order valence-corrected chi connectivity index (χ2v) is 8.49. The average Bonchev–Trinajstić information content (AvgIpc) is 2.94. The van der Waals surface area contributed by atoms with Gasteiger partial charge in [0.15, 0.2) is 0 Å². The topological polar surface area (TPSA) is 139 Å². The third-order valence-corrected chi connectivity index (χ3v) is 5.84. The molecule has 2 atom stereocenters. The van der Waals surface area contributed by atoms with Gasteiger partial charge in [0.2, 0.25) is 5.91 Å². The van der Waals surface area contributed by atoms with Crippen molar-refractivity contribution >= 4 is 24.0 Å². The molecule has 198 valence electrons. The van der Waals surface area contributed by atoms with Gasteiger partial charge in [-0.2, -0.15) is 0 Å². The van der Waals surface area contributed by atoms with Gasteiger partial charge in [-0.25, -0.2) is 4.79 Å². The number of aliphatic hydroxyl groups is 1. The number of hydrogen-bond donors (Lipinski definition) is 2. The number of nitrogens with zero attached hydrogens (tertiary/aromatic N) is 2. The van der Waals surface area contributed by atoms with Crippen LogP contribution in [0, 0.1) is 10.1 Å². The van der Waals surface area contributed by atoms with E-state index in [4.69, 9.17) is 4.74 Å². The lowest BCUT2D eigenvalue weighted by molar-refractivity contribution is -0.384. The van der Waals surface area contributed by atoms with Crippen molar-refractivity contribution < 1.29 is 29.2 Å². The molecule has 3 aromatic rings. The minimum Gasteiger partial charge on any atom is -0.445 e. The number of nitro benzene ring substituents is 1. The van der Waals surface area contributed by atoms with Crippen LogP contribution in [0.5, 0.6) is 0 Å². The van der Waals surface area contributed by atoms with Crippen LogP contribution < -0.4 is 5.32 Å². The maximum atomic E-state index is 13.8. The highest BCUT2D eigenvalue weighted by molar-refractivity contribution is 5.88. The van der Waals surface area contributed by atoms with Crippen LogP contribution in [0.2, 0.25) is 0 Å². The summed E-state index contributed by atoms with van der Waals surface area (Å²) in [6, 6.07) is 21.3. The lowest BCUT2D eigenvalue weighted by atomic mass is 10.0. The molecule has 0 fully saturated rings. The van der Waals surface area contributed by atoms with Gasteiger partial charge in [0.1, 0.15) is 25.0 Å². The summed E-state index contributed by atoms with van der Waals surface area (Å²) in [5, 5.41) is 23.0. The van der Waals surface area contributed by atoms with E-state index in [0.717, 1.165) is 5.56 Å². The van der Waals surface area contributed by atoms with E-state index >= 15 is 0 Å². The van der Waals surface area contributed by atoms with Crippen LogP contribution >= 0.6 is 0 Å². The molecule has 0 aliphatic rings. The molecule has 0 aliphatic carbocycles. The van der Waals surface area contributed by atoms with Crippen molar-refractivity contribution in [3.8, 4) is 0 Å². The number of alkyl carbamates (subject to hydrolysis) is 1. The van der Waals surface area contributed by atoms with Crippen molar-refractivity contribution in [1.82, 2.24) is 10.2 Å². The van der Waals surface area contributed by atoms with Crippen molar-refractivity contribution in [2.75, 3.05) is 13.2 Å². The van der Waals surface area contributed by atoms with Gasteiger partial charge in [0, 0.05) is 31.7 Å². The highest BCUT2D eigenvalue weighted by Gasteiger charge is 2.32. The summed E-state index contributed by atoms with van der Waals surface area (Å²) in [5.74, 6) is -0.561. The first-order valence-electron chi connectivity index (χ1n) is 12.0. The number of carbonyl (C=O) groups is 3. The Morgan fingerprint density at radius 3 is 2.18 bits per heavy atom. The van der Waals surface area contributed by atoms with Gasteiger partial charge in [0.25, 0.3) is 5.69 Å². The van der Waals surface area contributed by atoms with Gasteiger partial charge >= 0.3 is 6.09 Å². The highest BCUT2D eigenvalue weighted by atomic mass is 16.6. The van der Waals surface area contributed by atoms with E-state index in [9.17, 15) is 29.6 Å². The molecular formula is C28H29N3O7. The van der Waals surface area contributed by atoms with Crippen molar-refractivity contribution in [1.29, 1.82) is 0 Å². The van der Waals surface area contributed by atoms with E-state index in [2.05, 4.69) is 5.32 Å². The average molecular weight is 520 g/mol. The first-order valence-corrected chi connectivity index (χ1v) is 12.0. The predicted octanol–water partition coefficient (Wildman–Crippen LogP) is 3.58. The summed E-state index contributed by atoms with van der Waals surface area (Å²) in [6.07, 6.45) is 0.0127. The predicted molar refractivity (Wildman–Crippen MR) is 139 cm³/mol. The molecule has 0 saturated heterocycles. The first kappa shape index (κ1) is 28.0. The van der Waals surface area contributed by atoms with Crippen LogP contribution in [0.4, 0.5) is 10.5 Å². The molecule has 0 aliphatic heterocycles. The van der Waals surface area contributed by atoms with Gasteiger partial charge in [-0.3, -0.25) is 14.9 Å². The summed E-state index contributed by atoms with van der Waals surface area (Å²) < 4.78 is 5.31. The number of amides is 2. The summed E-state index contributed by atoms with van der Waals surface area (Å²) in [5.41, 5.74) is 1.79. The molecular weight excluding hydrogens is 490 g/mol. The maximum absolute atomic E-state index is 13.8. The fourth-order valence-electron chi connectivity index (χ4n) is 3.91. The van der Waals surface area contributed by atoms with Crippen molar-refractivity contribution in [3.63, 3.8) is 0 Å². The fourth-order valence-corrected chi connectivity index (χ4v) is 3.91. The summed E-state index contributed by atoms with van der Waals surface area (Å²) in [6.45, 7) is -0.158. The third-order valence-electron chi connectivity index (χ3n) is 5.84. The number of nitro groups is 1. The van der Waals surface area contributed by atoms with Gasteiger partial charge in [0.05, 0.1) is 4.92 Å². The molecule has 2 amide bonds. The molecule has 38 heavy (non-hydrogen) atoms. The van der Waals surface area contributed by atoms with Crippen LogP contribution in [0.3, 0.4) is 0 Å². The maximum Gasteiger partial charge on any atom is 0.408 e. The van der Waals surface area contributed by atoms with Gasteiger partial charge in [-0.05, 0) is 23.1 Å². The van der Waals surface area contributed by atoms with Crippen LogP contribution in [-0.2, 0) is 27.4 Å². The molecule has 3 rings (SSSR count). The second-order valence-electron chi connectivity index (χ2n) is 8.49. The van der Waals surface area contributed by atoms with Gasteiger partial charge in [-0.1, -0.05) is 72.8 Å². The Kier molecular flexibility index (Phi) is 10.5. The zero-order valence-corrected chi connectivity index (χ0v) is 20.6. The number of non-ortho nitro benzene ring substituents is 1. The minimum absolute atomic E-state index is 0.00669. The lowest BCUT2D eigenvalue weighted by Gasteiger charge is -2.32. The molecule has 3 aromatic carbocycles. The normalized spacial score (nSPS) is 12.1. The van der Waals surface area contributed by atoms with E-state index in [1.807, 2.05) is 6.07 Å². The number of benzene rings is 3. The Morgan fingerprint density at radius 2 is 1.61 bits per heavy atom. The summed E-state index contributed by atoms with van der Waals surface area (Å²) in [4.78, 5) is 50.5. The van der Waals surface area contributed by atoms with Crippen LogP contribution in [0.15, 0.2) is 84.9 Å². The largest absolute Gasteiger partial charge is 0.445 e. The van der Waals surface area contributed by atoms with Gasteiger partial charge in [-0.15, -0.1) is 0 Å². The zero-order valence-electron chi connectivity index (χ0n) is 20.6. The second kappa shape index (κ2) is 14.2. The fraction of sp³-hybridized carbons (Fsp3) is 0.250.